The van der Waals surface area contributed by atoms with E-state index in [4.69, 9.17) is 0 Å². The minimum Gasteiger partial charge on any atom is -0.316 e. The van der Waals surface area contributed by atoms with Crippen molar-refractivity contribution in [1.29, 1.82) is 0 Å². The van der Waals surface area contributed by atoms with E-state index in [0.29, 0.717) is 5.41 Å². The van der Waals surface area contributed by atoms with Gasteiger partial charge in [0.2, 0.25) is 0 Å². The third-order valence-corrected chi connectivity index (χ3v) is 2.43. The van der Waals surface area contributed by atoms with Crippen LogP contribution in [0.25, 0.3) is 0 Å². The zero-order valence-electron chi connectivity index (χ0n) is 7.41. The highest BCUT2D eigenvalue weighted by atomic mass is 15.0. The van der Waals surface area contributed by atoms with Crippen molar-refractivity contribution >= 4 is 0 Å². The van der Waals surface area contributed by atoms with E-state index >= 15 is 0 Å². The average molecular weight is 141 g/mol. The highest BCUT2D eigenvalue weighted by Gasteiger charge is 2.30. The van der Waals surface area contributed by atoms with E-state index in [1.54, 1.807) is 0 Å². The molecule has 0 amide bonds. The van der Waals surface area contributed by atoms with Crippen molar-refractivity contribution < 1.29 is 0 Å². The molecule has 1 saturated heterocycles. The molecule has 1 aliphatic heterocycles. The molecule has 1 heteroatoms. The Kier molecular flexibility index (Phi) is 2.35. The minimum absolute atomic E-state index is 0.643. The Balaban J connectivity index is 2.12. The molecule has 0 radical (unpaired) electrons. The zero-order chi connectivity index (χ0) is 7.61. The summed E-state index contributed by atoms with van der Waals surface area (Å²) in [6.07, 6.45) is 2.79. The van der Waals surface area contributed by atoms with Gasteiger partial charge in [0.1, 0.15) is 0 Å². The summed E-state index contributed by atoms with van der Waals surface area (Å²) in [5.74, 6) is 0.873. The topological polar surface area (TPSA) is 12.0 Å². The van der Waals surface area contributed by atoms with Gasteiger partial charge in [0.25, 0.3) is 0 Å². The summed E-state index contributed by atoms with van der Waals surface area (Å²) >= 11 is 0. The summed E-state index contributed by atoms with van der Waals surface area (Å²) in [4.78, 5) is 0. The van der Waals surface area contributed by atoms with Gasteiger partial charge in [-0.25, -0.2) is 0 Å². The number of rotatable bonds is 3. The molecule has 1 heterocycles. The first-order chi connectivity index (χ1) is 4.62. The number of hydrogen-bond acceptors (Lipinski definition) is 1. The van der Waals surface area contributed by atoms with E-state index in [1.807, 2.05) is 0 Å². The minimum atomic E-state index is 0.643. The van der Waals surface area contributed by atoms with E-state index < -0.39 is 0 Å². The molecule has 0 atom stereocenters. The van der Waals surface area contributed by atoms with Gasteiger partial charge < -0.3 is 5.32 Å². The average Bonchev–Trinajstić information content (AvgIpc) is 1.79. The molecule has 1 N–H and O–H groups in total. The van der Waals surface area contributed by atoms with Gasteiger partial charge in [-0.3, -0.25) is 0 Å². The Bertz CT molecular complexity index is 103. The van der Waals surface area contributed by atoms with Crippen LogP contribution in [0.3, 0.4) is 0 Å². The Morgan fingerprint density at radius 1 is 1.40 bits per heavy atom. The molecule has 60 valence electrons. The van der Waals surface area contributed by atoms with Gasteiger partial charge in [-0.1, -0.05) is 27.2 Å². The van der Waals surface area contributed by atoms with E-state index in [1.165, 1.54) is 25.9 Å². The normalized spacial score (nSPS) is 22.8. The third-order valence-electron chi connectivity index (χ3n) is 2.43. The molecule has 1 aliphatic rings. The molecule has 0 unspecified atom stereocenters. The lowest BCUT2D eigenvalue weighted by molar-refractivity contribution is 0.168. The first-order valence-electron chi connectivity index (χ1n) is 4.33. The third kappa shape index (κ3) is 1.98. The van der Waals surface area contributed by atoms with Gasteiger partial charge in [-0.2, -0.15) is 0 Å². The van der Waals surface area contributed by atoms with E-state index in [-0.39, 0.29) is 0 Å². The number of hydrogen-bond donors (Lipinski definition) is 1. The summed E-state index contributed by atoms with van der Waals surface area (Å²) in [6.45, 7) is 9.45. The van der Waals surface area contributed by atoms with Crippen LogP contribution in [-0.2, 0) is 0 Å². The van der Waals surface area contributed by atoms with Crippen LogP contribution in [0.5, 0.6) is 0 Å². The summed E-state index contributed by atoms with van der Waals surface area (Å²) < 4.78 is 0. The van der Waals surface area contributed by atoms with Crippen LogP contribution in [0, 0.1) is 11.3 Å². The van der Waals surface area contributed by atoms with Crippen LogP contribution in [0.4, 0.5) is 0 Å². The maximum atomic E-state index is 3.33. The van der Waals surface area contributed by atoms with Crippen molar-refractivity contribution in [2.45, 2.75) is 33.6 Å². The number of nitrogens with one attached hydrogen (secondary N) is 1. The second kappa shape index (κ2) is 2.91. The van der Waals surface area contributed by atoms with Gasteiger partial charge >= 0.3 is 0 Å². The van der Waals surface area contributed by atoms with E-state index in [2.05, 4.69) is 26.1 Å². The fourth-order valence-electron chi connectivity index (χ4n) is 1.37. The lowest BCUT2D eigenvalue weighted by Crippen LogP contribution is -2.51. The molecule has 1 fully saturated rings. The molecule has 0 aliphatic carbocycles. The molecule has 0 saturated carbocycles. The Hall–Kier alpha value is -0.0400. The Labute approximate surface area is 64.2 Å². The molecule has 0 aromatic rings. The monoisotopic (exact) mass is 141 g/mol. The predicted octanol–water partition coefficient (Wildman–Crippen LogP) is 2.03. The van der Waals surface area contributed by atoms with E-state index in [0.717, 1.165) is 5.92 Å². The smallest absolute Gasteiger partial charge is 0.00176 e. The van der Waals surface area contributed by atoms with Crippen molar-refractivity contribution in [3.05, 3.63) is 0 Å². The van der Waals surface area contributed by atoms with E-state index in [9.17, 15) is 0 Å². The van der Waals surface area contributed by atoms with Crippen LogP contribution in [0.15, 0.2) is 0 Å². The molecule has 0 bridgehead atoms. The fourth-order valence-corrected chi connectivity index (χ4v) is 1.37. The van der Waals surface area contributed by atoms with Crippen LogP contribution >= 0.6 is 0 Å². The Morgan fingerprint density at radius 3 is 2.30 bits per heavy atom. The second-order valence-electron chi connectivity index (χ2n) is 4.35. The lowest BCUT2D eigenvalue weighted by atomic mass is 9.78. The largest absolute Gasteiger partial charge is 0.316 e. The zero-order valence-corrected chi connectivity index (χ0v) is 7.41. The molecule has 10 heavy (non-hydrogen) atoms. The molecule has 0 aromatic carbocycles. The molecule has 1 rings (SSSR count). The molecule has 1 nitrogen and oxygen atoms in total. The fraction of sp³-hybridized carbons (Fsp3) is 1.00. The summed E-state index contributed by atoms with van der Waals surface area (Å²) in [7, 11) is 0. The quantitative estimate of drug-likeness (QED) is 0.634. The summed E-state index contributed by atoms with van der Waals surface area (Å²) in [6, 6.07) is 0. The van der Waals surface area contributed by atoms with Gasteiger partial charge in [0.15, 0.2) is 0 Å². The highest BCUT2D eigenvalue weighted by Crippen LogP contribution is 2.28. The SMILES string of the molecule is CC(C)CCC1(C)CNC1. The predicted molar refractivity (Wildman–Crippen MR) is 45.0 cm³/mol. The van der Waals surface area contributed by atoms with Gasteiger partial charge in [-0.05, 0) is 17.8 Å². The van der Waals surface area contributed by atoms with Gasteiger partial charge in [-0.15, -0.1) is 0 Å². The standard InChI is InChI=1S/C9H19N/c1-8(2)4-5-9(3)6-10-7-9/h8,10H,4-7H2,1-3H3. The summed E-state index contributed by atoms with van der Waals surface area (Å²) in [5, 5.41) is 3.33. The molecule has 0 spiro atoms. The van der Waals surface area contributed by atoms with Crippen molar-refractivity contribution in [3.8, 4) is 0 Å². The first-order valence-corrected chi connectivity index (χ1v) is 4.33. The van der Waals surface area contributed by atoms with Crippen LogP contribution in [0.2, 0.25) is 0 Å². The maximum Gasteiger partial charge on any atom is 0.00176 e. The first kappa shape index (κ1) is 8.06. The Morgan fingerprint density at radius 2 is 2.00 bits per heavy atom. The van der Waals surface area contributed by atoms with Gasteiger partial charge in [0.05, 0.1) is 0 Å². The van der Waals surface area contributed by atoms with Gasteiger partial charge in [0, 0.05) is 13.1 Å². The van der Waals surface area contributed by atoms with Crippen molar-refractivity contribution in [1.82, 2.24) is 5.32 Å². The van der Waals surface area contributed by atoms with Crippen LogP contribution < -0.4 is 5.32 Å². The van der Waals surface area contributed by atoms with Crippen LogP contribution in [0.1, 0.15) is 33.6 Å². The molecule has 0 aromatic heterocycles. The van der Waals surface area contributed by atoms with Crippen molar-refractivity contribution in [3.63, 3.8) is 0 Å². The molecular formula is C9H19N. The molecular weight excluding hydrogens is 122 g/mol. The second-order valence-corrected chi connectivity index (χ2v) is 4.35. The van der Waals surface area contributed by atoms with Crippen LogP contribution in [-0.4, -0.2) is 13.1 Å². The van der Waals surface area contributed by atoms with Crippen molar-refractivity contribution in [2.24, 2.45) is 11.3 Å². The maximum absolute atomic E-state index is 3.33. The summed E-state index contributed by atoms with van der Waals surface area (Å²) in [5.41, 5.74) is 0.643. The highest BCUT2D eigenvalue weighted by molar-refractivity contribution is 4.87. The van der Waals surface area contributed by atoms with Crippen molar-refractivity contribution in [2.75, 3.05) is 13.1 Å². The lowest BCUT2D eigenvalue weighted by Gasteiger charge is -2.40.